The van der Waals surface area contributed by atoms with Crippen LogP contribution < -0.4 is 15.0 Å². The molecular formula is C28H33N7O4S. The Bertz CT molecular complexity index is 1360. The van der Waals surface area contributed by atoms with Gasteiger partial charge in [0.15, 0.2) is 5.82 Å². The maximum absolute atomic E-state index is 9.84. The molecule has 11 nitrogen and oxygen atoms in total. The topological polar surface area (TPSA) is 140 Å². The number of rotatable bonds is 7. The van der Waals surface area contributed by atoms with Crippen LogP contribution in [-0.2, 0) is 4.74 Å². The first-order chi connectivity index (χ1) is 19.5. The number of aromatic nitrogens is 3. The predicted octanol–water partition coefficient (Wildman–Crippen LogP) is 3.97. The molecular weight excluding hydrogens is 530 g/mol. The Balaban J connectivity index is 1.08. The van der Waals surface area contributed by atoms with Gasteiger partial charge in [-0.3, -0.25) is 14.0 Å². The predicted molar refractivity (Wildman–Crippen MR) is 154 cm³/mol. The molecule has 6 rings (SSSR count). The molecule has 0 bridgehead atoms. The van der Waals surface area contributed by atoms with Crippen molar-refractivity contribution in [2.24, 2.45) is 0 Å². The first-order valence-electron chi connectivity index (χ1n) is 13.5. The smallest absolute Gasteiger partial charge is 0.230 e. The molecule has 2 aromatic carbocycles. The van der Waals surface area contributed by atoms with Gasteiger partial charge in [-0.2, -0.15) is 20.8 Å². The third-order valence-electron chi connectivity index (χ3n) is 7.70. The van der Waals surface area contributed by atoms with E-state index < -0.39 is 10.6 Å². The number of benzene rings is 2. The zero-order valence-corrected chi connectivity index (χ0v) is 23.0. The van der Waals surface area contributed by atoms with Gasteiger partial charge in [0.05, 0.1) is 24.8 Å². The largest absolute Gasteiger partial charge is 0.489 e. The van der Waals surface area contributed by atoms with Gasteiger partial charge in [-0.1, -0.05) is 0 Å². The third kappa shape index (κ3) is 6.14. The van der Waals surface area contributed by atoms with Gasteiger partial charge in [0.1, 0.15) is 24.3 Å². The molecule has 0 unspecified atom stereocenters. The first kappa shape index (κ1) is 26.7. The van der Waals surface area contributed by atoms with Crippen molar-refractivity contribution in [3.8, 4) is 23.2 Å². The van der Waals surface area contributed by atoms with Crippen molar-refractivity contribution < 1.29 is 18.6 Å². The molecule has 210 valence electrons. The highest BCUT2D eigenvalue weighted by atomic mass is 32.3. The lowest BCUT2D eigenvalue weighted by Crippen LogP contribution is -2.56. The zero-order valence-electron chi connectivity index (χ0n) is 22.1. The summed E-state index contributed by atoms with van der Waals surface area (Å²) in [6.07, 6.45) is 2.39. The van der Waals surface area contributed by atoms with E-state index in [2.05, 4.69) is 48.3 Å². The van der Waals surface area contributed by atoms with Crippen LogP contribution in [0.15, 0.2) is 48.8 Å². The first-order valence-corrected chi connectivity index (χ1v) is 15.4. The molecule has 0 amide bonds. The van der Waals surface area contributed by atoms with E-state index in [-0.39, 0.29) is 6.10 Å². The number of nitrogens with one attached hydrogen (secondary N) is 1. The summed E-state index contributed by atoms with van der Waals surface area (Å²) in [5, 5.41) is 13.0. The van der Waals surface area contributed by atoms with E-state index in [4.69, 9.17) is 9.47 Å². The highest BCUT2D eigenvalue weighted by Gasteiger charge is 2.29. The van der Waals surface area contributed by atoms with Crippen LogP contribution >= 0.6 is 10.6 Å². The Morgan fingerprint density at radius 2 is 1.75 bits per heavy atom. The van der Waals surface area contributed by atoms with Crippen molar-refractivity contribution >= 4 is 27.9 Å². The van der Waals surface area contributed by atoms with Gasteiger partial charge in [0.25, 0.3) is 0 Å². The lowest BCUT2D eigenvalue weighted by atomic mass is 10.1. The van der Waals surface area contributed by atoms with Crippen molar-refractivity contribution in [3.63, 3.8) is 0 Å². The molecule has 0 spiro atoms. The number of hydrogen-bond donors (Lipinski definition) is 3. The average Bonchev–Trinajstić information content (AvgIpc) is 2.94. The van der Waals surface area contributed by atoms with Crippen LogP contribution in [0.3, 0.4) is 0 Å². The van der Waals surface area contributed by atoms with Crippen LogP contribution in [0.1, 0.15) is 18.4 Å². The lowest BCUT2D eigenvalue weighted by Gasteiger charge is -2.43. The highest BCUT2D eigenvalue weighted by molar-refractivity contribution is 8.24. The van der Waals surface area contributed by atoms with E-state index in [1.54, 1.807) is 12.1 Å². The summed E-state index contributed by atoms with van der Waals surface area (Å²) in [4.78, 5) is 18.1. The minimum atomic E-state index is -2.48. The Morgan fingerprint density at radius 3 is 2.42 bits per heavy atom. The van der Waals surface area contributed by atoms with Crippen molar-refractivity contribution in [1.82, 2.24) is 19.9 Å². The minimum absolute atomic E-state index is 0.149. The van der Waals surface area contributed by atoms with E-state index >= 15 is 0 Å². The van der Waals surface area contributed by atoms with Crippen LogP contribution in [0.2, 0.25) is 0 Å². The normalized spacial score (nSPS) is 20.8. The highest BCUT2D eigenvalue weighted by Crippen LogP contribution is 2.44. The van der Waals surface area contributed by atoms with Crippen molar-refractivity contribution in [3.05, 3.63) is 54.4 Å². The molecule has 3 aliphatic rings. The summed E-state index contributed by atoms with van der Waals surface area (Å²) in [6, 6.07) is 16.3. The number of nitrogens with zero attached hydrogens (tertiary/aromatic N) is 6. The van der Waals surface area contributed by atoms with E-state index in [9.17, 15) is 14.4 Å². The summed E-state index contributed by atoms with van der Waals surface area (Å²) in [7, 11) is -2.48. The summed E-state index contributed by atoms with van der Waals surface area (Å²) < 4.78 is 31.0. The molecule has 3 fully saturated rings. The maximum Gasteiger partial charge on any atom is 0.230 e. The van der Waals surface area contributed by atoms with Gasteiger partial charge in [-0.25, -0.2) is 9.97 Å². The van der Waals surface area contributed by atoms with Gasteiger partial charge in [0, 0.05) is 67.5 Å². The molecule has 0 radical (unpaired) electrons. The molecule has 0 atom stereocenters. The number of piperazine rings is 1. The van der Waals surface area contributed by atoms with E-state index in [0.29, 0.717) is 59.0 Å². The molecule has 3 N–H and O–H groups in total. The van der Waals surface area contributed by atoms with Crippen molar-refractivity contribution in [2.75, 3.05) is 61.1 Å². The summed E-state index contributed by atoms with van der Waals surface area (Å²) >= 11 is 0. The fourth-order valence-corrected chi connectivity index (χ4v) is 6.69. The zero-order chi connectivity index (χ0) is 27.5. The van der Waals surface area contributed by atoms with E-state index in [1.165, 1.54) is 12.0 Å². The number of nitriles is 1. The fraction of sp³-hybridized carbons (Fsp3) is 0.429. The molecule has 3 saturated heterocycles. The number of hydrogen-bond acceptors (Lipinski definition) is 11. The second-order valence-electron chi connectivity index (χ2n) is 10.4. The fourth-order valence-electron chi connectivity index (χ4n) is 5.20. The van der Waals surface area contributed by atoms with Gasteiger partial charge < -0.3 is 19.7 Å². The van der Waals surface area contributed by atoms with E-state index in [0.717, 1.165) is 45.1 Å². The summed E-state index contributed by atoms with van der Waals surface area (Å²) in [6.45, 7) is 5.83. The van der Waals surface area contributed by atoms with Gasteiger partial charge >= 0.3 is 0 Å². The Labute approximate surface area is 235 Å². The SMILES string of the molecule is N#Cc1cc(-c2ncnc(Nc3ccc(N4CCN(C5COC5)CC4)cc3)n2)ccc1OC1CCS(O)(O)CC1. The quantitative estimate of drug-likeness (QED) is 0.385. The molecule has 3 aliphatic heterocycles. The maximum atomic E-state index is 9.84. The standard InChI is InChI=1S/C28H33N7O4S/c29-16-21-15-20(1-6-26(21)39-25-7-13-40(36,37)14-8-25)27-30-19-31-28(33-27)32-22-2-4-23(5-3-22)34-9-11-35(12-10-34)24-17-38-18-24/h1-6,15,19,24-25,36-37H,7-14,17-18H2,(H,30,31,32,33). The van der Waals surface area contributed by atoms with E-state index in [1.807, 2.05) is 18.2 Å². The summed E-state index contributed by atoms with van der Waals surface area (Å²) in [5.41, 5.74) is 3.12. The average molecular weight is 564 g/mol. The second kappa shape index (κ2) is 11.6. The van der Waals surface area contributed by atoms with Crippen LogP contribution in [-0.4, -0.2) is 92.0 Å². The monoisotopic (exact) mass is 563 g/mol. The van der Waals surface area contributed by atoms with Gasteiger partial charge in [-0.15, -0.1) is 0 Å². The Morgan fingerprint density at radius 1 is 1.00 bits per heavy atom. The van der Waals surface area contributed by atoms with Crippen LogP contribution in [0.4, 0.5) is 17.3 Å². The Hall–Kier alpha value is -3.47. The second-order valence-corrected chi connectivity index (χ2v) is 12.8. The van der Waals surface area contributed by atoms with Crippen molar-refractivity contribution in [2.45, 2.75) is 25.0 Å². The number of anilines is 3. The van der Waals surface area contributed by atoms with Gasteiger partial charge in [0.2, 0.25) is 5.95 Å². The molecule has 4 heterocycles. The molecule has 3 aromatic rings. The van der Waals surface area contributed by atoms with Crippen LogP contribution in [0.25, 0.3) is 11.4 Å². The van der Waals surface area contributed by atoms with Gasteiger partial charge in [-0.05, 0) is 42.5 Å². The molecule has 12 heteroatoms. The third-order valence-corrected chi connectivity index (χ3v) is 9.48. The molecule has 0 aliphatic carbocycles. The molecule has 0 saturated carbocycles. The molecule has 40 heavy (non-hydrogen) atoms. The summed E-state index contributed by atoms with van der Waals surface area (Å²) in [5.74, 6) is 1.98. The van der Waals surface area contributed by atoms with Crippen LogP contribution in [0, 0.1) is 11.3 Å². The Kier molecular flexibility index (Phi) is 7.73. The number of ether oxygens (including phenoxy) is 2. The minimum Gasteiger partial charge on any atom is -0.489 e. The van der Waals surface area contributed by atoms with Crippen LogP contribution in [0.5, 0.6) is 5.75 Å². The van der Waals surface area contributed by atoms with Crippen molar-refractivity contribution in [1.29, 1.82) is 5.26 Å². The lowest BCUT2D eigenvalue weighted by molar-refractivity contribution is -0.0660. The molecule has 1 aromatic heterocycles.